The predicted octanol–water partition coefficient (Wildman–Crippen LogP) is 2.86. The molecule has 4 rings (SSSR count). The Morgan fingerprint density at radius 2 is 1.92 bits per heavy atom. The molecule has 0 unspecified atom stereocenters. The van der Waals surface area contributed by atoms with Gasteiger partial charge in [-0.2, -0.15) is 5.10 Å². The highest BCUT2D eigenvalue weighted by atomic mass is 16.2. The highest BCUT2D eigenvalue weighted by Gasteiger charge is 2.35. The fraction of sp³-hybridized carbons (Fsp3) is 0.526. The summed E-state index contributed by atoms with van der Waals surface area (Å²) in [6.45, 7) is 1.29. The third kappa shape index (κ3) is 3.52. The van der Waals surface area contributed by atoms with Crippen LogP contribution in [0.5, 0.6) is 0 Å². The van der Waals surface area contributed by atoms with Gasteiger partial charge in [0.2, 0.25) is 5.91 Å². The fourth-order valence-electron chi connectivity index (χ4n) is 4.29. The summed E-state index contributed by atoms with van der Waals surface area (Å²) in [7, 11) is 0. The molecule has 2 aromatic rings. The van der Waals surface area contributed by atoms with E-state index < -0.39 is 0 Å². The highest BCUT2D eigenvalue weighted by Crippen LogP contribution is 2.35. The summed E-state index contributed by atoms with van der Waals surface area (Å²) in [5.41, 5.74) is 1.91. The van der Waals surface area contributed by atoms with Crippen molar-refractivity contribution < 1.29 is 4.79 Å². The minimum Gasteiger partial charge on any atom is -0.376 e. The molecule has 132 valence electrons. The van der Waals surface area contributed by atoms with Gasteiger partial charge < -0.3 is 10.2 Å². The molecule has 2 aliphatic rings. The Labute approximate surface area is 148 Å². The van der Waals surface area contributed by atoms with Crippen molar-refractivity contribution in [1.29, 1.82) is 0 Å². The van der Waals surface area contributed by atoms with Crippen LogP contribution in [0.25, 0.3) is 5.69 Å². The number of nitrogens with zero attached hydrogens (tertiary/aromatic N) is 4. The molecule has 6 heteroatoms. The summed E-state index contributed by atoms with van der Waals surface area (Å²) >= 11 is 0. The van der Waals surface area contributed by atoms with E-state index in [1.807, 2.05) is 24.3 Å². The van der Waals surface area contributed by atoms with Gasteiger partial charge in [-0.1, -0.05) is 12.8 Å². The van der Waals surface area contributed by atoms with Crippen LogP contribution in [0.2, 0.25) is 0 Å². The molecule has 1 aliphatic heterocycles. The van der Waals surface area contributed by atoms with Gasteiger partial charge in [0.05, 0.1) is 12.2 Å². The molecule has 2 heterocycles. The van der Waals surface area contributed by atoms with Crippen LogP contribution in [0, 0.1) is 5.92 Å². The smallest absolute Gasteiger partial charge is 0.242 e. The van der Waals surface area contributed by atoms with E-state index in [1.54, 1.807) is 11.0 Å². The van der Waals surface area contributed by atoms with Gasteiger partial charge in [-0.05, 0) is 55.9 Å². The molecule has 25 heavy (non-hydrogen) atoms. The number of likely N-dealkylation sites (tertiary alicyclic amines) is 1. The average Bonchev–Trinajstić information content (AvgIpc) is 3.21. The monoisotopic (exact) mass is 339 g/mol. The molecule has 1 amide bonds. The van der Waals surface area contributed by atoms with Crippen molar-refractivity contribution >= 4 is 11.6 Å². The lowest BCUT2D eigenvalue weighted by Gasteiger charge is -2.44. The summed E-state index contributed by atoms with van der Waals surface area (Å²) in [5, 5.41) is 7.39. The Balaban J connectivity index is 1.35. The van der Waals surface area contributed by atoms with Crippen LogP contribution in [0.3, 0.4) is 0 Å². The molecule has 1 aromatic heterocycles. The zero-order valence-electron chi connectivity index (χ0n) is 14.5. The molecule has 0 radical (unpaired) electrons. The number of aromatic nitrogens is 3. The largest absolute Gasteiger partial charge is 0.376 e. The van der Waals surface area contributed by atoms with Crippen molar-refractivity contribution in [3.05, 3.63) is 36.9 Å². The van der Waals surface area contributed by atoms with Crippen molar-refractivity contribution in [1.82, 2.24) is 19.7 Å². The van der Waals surface area contributed by atoms with Crippen molar-refractivity contribution in [2.45, 2.75) is 44.6 Å². The lowest BCUT2D eigenvalue weighted by Crippen LogP contribution is -2.51. The quantitative estimate of drug-likeness (QED) is 0.930. The van der Waals surface area contributed by atoms with Crippen LogP contribution in [0.4, 0.5) is 5.69 Å². The van der Waals surface area contributed by atoms with Crippen LogP contribution in [-0.2, 0) is 4.79 Å². The molecule has 1 aliphatic carbocycles. The Morgan fingerprint density at radius 3 is 2.72 bits per heavy atom. The van der Waals surface area contributed by atoms with Crippen molar-refractivity contribution in [2.75, 3.05) is 18.4 Å². The Kier molecular flexibility index (Phi) is 4.68. The SMILES string of the molecule is O=C(CNc1ccc(-n2cncn2)cc1)N1CCC[C@@H]2CCCC[C@H]21. The molecular formula is C19H25N5O. The van der Waals surface area contributed by atoms with Gasteiger partial charge in [0.1, 0.15) is 12.7 Å². The fourth-order valence-corrected chi connectivity index (χ4v) is 4.29. The number of anilines is 1. The van der Waals surface area contributed by atoms with E-state index in [9.17, 15) is 4.79 Å². The van der Waals surface area contributed by atoms with Gasteiger partial charge in [-0.25, -0.2) is 9.67 Å². The van der Waals surface area contributed by atoms with E-state index in [4.69, 9.17) is 0 Å². The summed E-state index contributed by atoms with van der Waals surface area (Å²) in [5.74, 6) is 0.963. The molecular weight excluding hydrogens is 314 g/mol. The third-order valence-electron chi connectivity index (χ3n) is 5.56. The lowest BCUT2D eigenvalue weighted by molar-refractivity contribution is -0.135. The number of amides is 1. The molecule has 1 aromatic carbocycles. The molecule has 6 nitrogen and oxygen atoms in total. The molecule has 1 saturated carbocycles. The van der Waals surface area contributed by atoms with Gasteiger partial charge in [-0.3, -0.25) is 4.79 Å². The van der Waals surface area contributed by atoms with Crippen molar-refractivity contribution in [2.24, 2.45) is 5.92 Å². The topological polar surface area (TPSA) is 63.1 Å². The second kappa shape index (κ2) is 7.25. The Hall–Kier alpha value is -2.37. The summed E-state index contributed by atoms with van der Waals surface area (Å²) in [6.07, 6.45) is 10.7. The van der Waals surface area contributed by atoms with Crippen LogP contribution >= 0.6 is 0 Å². The molecule has 1 saturated heterocycles. The number of rotatable bonds is 4. The molecule has 1 N–H and O–H groups in total. The number of hydrogen-bond donors (Lipinski definition) is 1. The van der Waals surface area contributed by atoms with Gasteiger partial charge in [0, 0.05) is 18.3 Å². The maximum atomic E-state index is 12.7. The van der Waals surface area contributed by atoms with E-state index in [0.717, 1.165) is 30.3 Å². The van der Waals surface area contributed by atoms with Crippen LogP contribution in [-0.4, -0.2) is 44.7 Å². The maximum Gasteiger partial charge on any atom is 0.242 e. The first-order valence-electron chi connectivity index (χ1n) is 9.30. The molecule has 2 fully saturated rings. The minimum absolute atomic E-state index is 0.233. The lowest BCUT2D eigenvalue weighted by atomic mass is 9.78. The first-order valence-corrected chi connectivity index (χ1v) is 9.30. The molecule has 2 atom stereocenters. The minimum atomic E-state index is 0.233. The zero-order valence-corrected chi connectivity index (χ0v) is 14.5. The molecule has 0 spiro atoms. The normalized spacial score (nSPS) is 23.1. The Morgan fingerprint density at radius 1 is 1.12 bits per heavy atom. The van der Waals surface area contributed by atoms with Gasteiger partial charge in [-0.15, -0.1) is 0 Å². The summed E-state index contributed by atoms with van der Waals surface area (Å²) < 4.78 is 1.71. The summed E-state index contributed by atoms with van der Waals surface area (Å²) in [6, 6.07) is 8.37. The first-order chi connectivity index (χ1) is 12.3. The number of nitrogens with one attached hydrogen (secondary N) is 1. The van der Waals surface area contributed by atoms with Crippen LogP contribution in [0.15, 0.2) is 36.9 Å². The maximum absolute atomic E-state index is 12.7. The number of piperidine rings is 1. The number of benzene rings is 1. The zero-order chi connectivity index (χ0) is 17.1. The van der Waals surface area contributed by atoms with Gasteiger partial charge >= 0.3 is 0 Å². The number of carbonyl (C=O) groups is 1. The van der Waals surface area contributed by atoms with E-state index in [2.05, 4.69) is 20.3 Å². The van der Waals surface area contributed by atoms with Gasteiger partial charge in [0.15, 0.2) is 0 Å². The van der Waals surface area contributed by atoms with E-state index in [1.165, 1.54) is 38.4 Å². The summed E-state index contributed by atoms with van der Waals surface area (Å²) in [4.78, 5) is 18.8. The van der Waals surface area contributed by atoms with E-state index >= 15 is 0 Å². The van der Waals surface area contributed by atoms with Crippen LogP contribution < -0.4 is 5.32 Å². The standard InChI is InChI=1S/C19H25N5O/c25-19(23-11-3-5-15-4-1-2-6-18(15)23)12-21-16-7-9-17(10-8-16)24-14-20-13-22-24/h7-10,13-15,18,21H,1-6,11-12H2/t15-,18+/m0/s1. The average molecular weight is 339 g/mol. The number of carbonyl (C=O) groups excluding carboxylic acids is 1. The van der Waals surface area contributed by atoms with Crippen molar-refractivity contribution in [3.63, 3.8) is 0 Å². The van der Waals surface area contributed by atoms with Crippen molar-refractivity contribution in [3.8, 4) is 5.69 Å². The second-order valence-corrected chi connectivity index (χ2v) is 7.08. The second-order valence-electron chi connectivity index (χ2n) is 7.08. The highest BCUT2D eigenvalue weighted by molar-refractivity contribution is 5.81. The van der Waals surface area contributed by atoms with Gasteiger partial charge in [0.25, 0.3) is 0 Å². The Bertz CT molecular complexity index is 695. The number of fused-ring (bicyclic) bond motifs is 1. The first kappa shape index (κ1) is 16.1. The van der Waals surface area contributed by atoms with E-state index in [0.29, 0.717) is 12.6 Å². The molecule has 0 bridgehead atoms. The van der Waals surface area contributed by atoms with Crippen LogP contribution in [0.1, 0.15) is 38.5 Å². The third-order valence-corrected chi connectivity index (χ3v) is 5.56. The number of hydrogen-bond acceptors (Lipinski definition) is 4. The van der Waals surface area contributed by atoms with E-state index in [-0.39, 0.29) is 5.91 Å². The predicted molar refractivity (Wildman–Crippen MR) is 96.5 cm³/mol.